The number of aromatic hydroxyl groups is 1. The van der Waals surface area contributed by atoms with Crippen LogP contribution in [0.1, 0.15) is 16.9 Å². The Morgan fingerprint density at radius 1 is 1.03 bits per heavy atom. The zero-order chi connectivity index (χ0) is 26.8. The molecule has 1 amide bonds. The summed E-state index contributed by atoms with van der Waals surface area (Å²) in [6.07, 6.45) is 2.86. The number of thiocarbonyl (C=S) groups is 1. The van der Waals surface area contributed by atoms with Gasteiger partial charge in [0.05, 0.1) is 5.56 Å². The van der Waals surface area contributed by atoms with E-state index in [9.17, 15) is 9.90 Å². The Labute approximate surface area is 228 Å². The second kappa shape index (κ2) is 10.5. The number of phenolic OH excluding ortho intramolecular Hbond substituents is 1. The maximum Gasteiger partial charge on any atom is 0.250 e. The zero-order valence-corrected chi connectivity index (χ0v) is 22.0. The summed E-state index contributed by atoms with van der Waals surface area (Å²) < 4.78 is 11.6. The Morgan fingerprint density at radius 3 is 2.66 bits per heavy atom. The van der Waals surface area contributed by atoms with Gasteiger partial charge in [-0.25, -0.2) is 4.98 Å². The van der Waals surface area contributed by atoms with Crippen LogP contribution in [0.4, 0.5) is 5.69 Å². The average molecular weight is 544 g/mol. The number of fused-ring (bicyclic) bond motifs is 1. The Morgan fingerprint density at radius 2 is 1.87 bits per heavy atom. The van der Waals surface area contributed by atoms with Crippen molar-refractivity contribution in [3.05, 3.63) is 94.7 Å². The van der Waals surface area contributed by atoms with Gasteiger partial charge in [0.2, 0.25) is 11.8 Å². The number of oxazole rings is 1. The molecule has 2 heterocycles. The molecule has 0 spiro atoms. The molecule has 5 aromatic rings. The van der Waals surface area contributed by atoms with E-state index >= 15 is 0 Å². The molecule has 0 saturated carbocycles. The molecule has 0 aliphatic rings. The van der Waals surface area contributed by atoms with Crippen molar-refractivity contribution in [2.24, 2.45) is 0 Å². The number of benzene rings is 3. The van der Waals surface area contributed by atoms with Gasteiger partial charge in [0.15, 0.2) is 10.7 Å². The minimum absolute atomic E-state index is 0.0456. The second-order valence-corrected chi connectivity index (χ2v) is 9.48. The van der Waals surface area contributed by atoms with Gasteiger partial charge in [0.1, 0.15) is 22.8 Å². The topological polar surface area (TPSA) is 101 Å². The number of phenols is 1. The first-order valence-electron chi connectivity index (χ1n) is 11.6. The molecule has 0 aliphatic heterocycles. The van der Waals surface area contributed by atoms with E-state index in [4.69, 9.17) is 32.7 Å². The van der Waals surface area contributed by atoms with Crippen molar-refractivity contribution in [3.63, 3.8) is 0 Å². The number of aromatic nitrogens is 1. The van der Waals surface area contributed by atoms with Crippen molar-refractivity contribution in [2.45, 2.75) is 13.8 Å². The van der Waals surface area contributed by atoms with Gasteiger partial charge in [-0.2, -0.15) is 0 Å². The molecule has 190 valence electrons. The quantitative estimate of drug-likeness (QED) is 0.158. The lowest BCUT2D eigenvalue weighted by molar-refractivity contribution is -0.115. The minimum Gasteiger partial charge on any atom is -0.507 e. The van der Waals surface area contributed by atoms with Crippen molar-refractivity contribution >= 4 is 57.7 Å². The fraction of sp³-hybridized carbons (Fsp3) is 0.0690. The van der Waals surface area contributed by atoms with Crippen molar-refractivity contribution in [2.75, 3.05) is 5.32 Å². The van der Waals surface area contributed by atoms with Crippen LogP contribution in [0.3, 0.4) is 0 Å². The van der Waals surface area contributed by atoms with Crippen LogP contribution in [-0.2, 0) is 4.79 Å². The van der Waals surface area contributed by atoms with Crippen LogP contribution in [0.2, 0.25) is 5.02 Å². The summed E-state index contributed by atoms with van der Waals surface area (Å²) >= 11 is 11.4. The van der Waals surface area contributed by atoms with E-state index in [0.717, 1.165) is 16.7 Å². The molecule has 0 atom stereocenters. The average Bonchev–Trinajstić information content (AvgIpc) is 3.51. The van der Waals surface area contributed by atoms with Gasteiger partial charge in [0, 0.05) is 28.4 Å². The number of nitrogens with zero attached hydrogens (tertiary/aromatic N) is 1. The molecule has 3 N–H and O–H groups in total. The van der Waals surface area contributed by atoms with E-state index in [0.29, 0.717) is 44.8 Å². The van der Waals surface area contributed by atoms with Crippen LogP contribution >= 0.6 is 23.8 Å². The predicted molar refractivity (Wildman–Crippen MR) is 153 cm³/mol. The monoisotopic (exact) mass is 543 g/mol. The summed E-state index contributed by atoms with van der Waals surface area (Å²) in [4.78, 5) is 16.8. The highest BCUT2D eigenvalue weighted by atomic mass is 35.5. The number of carbonyl (C=O) groups excluding carboxylic acids is 1. The van der Waals surface area contributed by atoms with Gasteiger partial charge >= 0.3 is 0 Å². The Kier molecular flexibility index (Phi) is 7.00. The van der Waals surface area contributed by atoms with Crippen LogP contribution in [0.15, 0.2) is 81.6 Å². The van der Waals surface area contributed by atoms with Gasteiger partial charge < -0.3 is 19.3 Å². The van der Waals surface area contributed by atoms with Gasteiger partial charge in [-0.1, -0.05) is 29.8 Å². The highest BCUT2D eigenvalue weighted by Crippen LogP contribution is 2.33. The SMILES string of the molecule is Cc1ccc2nc(-c3ccc(NC(=S)NC(=O)/C=C/c4ccc(-c5ccc(C)c(Cl)c5)o4)cc3O)oc2c1. The number of rotatable bonds is 5. The Bertz CT molecular complexity index is 1720. The fourth-order valence-corrected chi connectivity index (χ4v) is 4.15. The number of amides is 1. The molecule has 5 rings (SSSR count). The van der Waals surface area contributed by atoms with E-state index < -0.39 is 5.91 Å². The van der Waals surface area contributed by atoms with E-state index in [1.165, 1.54) is 12.1 Å². The molecule has 0 unspecified atom stereocenters. The van der Waals surface area contributed by atoms with Crippen molar-refractivity contribution < 1.29 is 18.7 Å². The van der Waals surface area contributed by atoms with Gasteiger partial charge in [-0.3, -0.25) is 10.1 Å². The summed E-state index contributed by atoms with van der Waals surface area (Å²) in [5.41, 5.74) is 5.14. The minimum atomic E-state index is -0.443. The normalized spacial score (nSPS) is 11.2. The summed E-state index contributed by atoms with van der Waals surface area (Å²) in [7, 11) is 0. The maximum atomic E-state index is 12.3. The van der Waals surface area contributed by atoms with E-state index in [1.54, 1.807) is 24.3 Å². The summed E-state index contributed by atoms with van der Waals surface area (Å²) in [6.45, 7) is 3.89. The van der Waals surface area contributed by atoms with E-state index in [1.807, 2.05) is 56.3 Å². The van der Waals surface area contributed by atoms with Crippen LogP contribution < -0.4 is 10.6 Å². The molecule has 0 aliphatic carbocycles. The molecule has 2 aromatic heterocycles. The number of anilines is 1. The van der Waals surface area contributed by atoms with Crippen molar-refractivity contribution in [1.82, 2.24) is 10.3 Å². The predicted octanol–water partition coefficient (Wildman–Crippen LogP) is 7.26. The Balaban J connectivity index is 1.19. The molecule has 0 fully saturated rings. The largest absolute Gasteiger partial charge is 0.507 e. The lowest BCUT2D eigenvalue weighted by Gasteiger charge is -2.09. The maximum absolute atomic E-state index is 12.3. The molecule has 0 saturated heterocycles. The smallest absolute Gasteiger partial charge is 0.250 e. The first-order valence-corrected chi connectivity index (χ1v) is 12.4. The first kappa shape index (κ1) is 25.3. The zero-order valence-electron chi connectivity index (χ0n) is 20.4. The summed E-state index contributed by atoms with van der Waals surface area (Å²) in [6, 6.07) is 19.8. The highest BCUT2D eigenvalue weighted by Gasteiger charge is 2.14. The van der Waals surface area contributed by atoms with Gasteiger partial charge in [-0.15, -0.1) is 0 Å². The van der Waals surface area contributed by atoms with Gasteiger partial charge in [0.25, 0.3) is 0 Å². The molecule has 9 heteroatoms. The summed E-state index contributed by atoms with van der Waals surface area (Å²) in [5, 5.41) is 16.7. The standard InChI is InChI=1S/C29H22ClN3O4S/c1-16-3-10-23-26(13-16)37-28(32-23)21-9-6-19(15-24(21)34)31-29(38)33-27(35)12-8-20-7-11-25(36-20)18-5-4-17(2)22(30)14-18/h3-15,34H,1-2H3,(H2,31,33,35,38)/b12-8+. The number of nitrogens with one attached hydrogen (secondary N) is 2. The number of hydrogen-bond acceptors (Lipinski definition) is 6. The molecular weight excluding hydrogens is 522 g/mol. The number of furan rings is 1. The third-order valence-electron chi connectivity index (χ3n) is 5.75. The summed E-state index contributed by atoms with van der Waals surface area (Å²) in [5.74, 6) is 0.959. The molecular formula is C29H22ClN3O4S. The lowest BCUT2D eigenvalue weighted by Crippen LogP contribution is -2.32. The number of aryl methyl sites for hydroxylation is 2. The third kappa shape index (κ3) is 5.61. The molecule has 38 heavy (non-hydrogen) atoms. The van der Waals surface area contributed by atoms with E-state index in [2.05, 4.69) is 15.6 Å². The van der Waals surface area contributed by atoms with Crippen molar-refractivity contribution in [3.8, 4) is 28.5 Å². The molecule has 3 aromatic carbocycles. The molecule has 0 radical (unpaired) electrons. The number of hydrogen-bond donors (Lipinski definition) is 3. The number of halogens is 1. The van der Waals surface area contributed by atoms with Gasteiger partial charge in [-0.05, 0) is 85.7 Å². The van der Waals surface area contributed by atoms with Crippen LogP contribution in [0.25, 0.3) is 40.0 Å². The number of carbonyl (C=O) groups is 1. The fourth-order valence-electron chi connectivity index (χ4n) is 3.75. The van der Waals surface area contributed by atoms with Crippen molar-refractivity contribution in [1.29, 1.82) is 0 Å². The second-order valence-electron chi connectivity index (χ2n) is 8.66. The van der Waals surface area contributed by atoms with E-state index in [-0.39, 0.29) is 10.9 Å². The lowest BCUT2D eigenvalue weighted by atomic mass is 10.1. The molecule has 7 nitrogen and oxygen atoms in total. The van der Waals surface area contributed by atoms with Crippen LogP contribution in [0, 0.1) is 13.8 Å². The Hall–Kier alpha value is -4.40. The van der Waals surface area contributed by atoms with Crippen LogP contribution in [-0.4, -0.2) is 21.1 Å². The van der Waals surface area contributed by atoms with Crippen LogP contribution in [0.5, 0.6) is 5.75 Å². The third-order valence-corrected chi connectivity index (χ3v) is 6.36. The highest BCUT2D eigenvalue weighted by molar-refractivity contribution is 7.80. The molecule has 0 bridgehead atoms. The first-order chi connectivity index (χ1) is 18.2.